The van der Waals surface area contributed by atoms with Crippen molar-refractivity contribution in [2.24, 2.45) is 0 Å². The van der Waals surface area contributed by atoms with Crippen LogP contribution in [0.5, 0.6) is 28.9 Å². The lowest BCUT2D eigenvalue weighted by atomic mass is 10.1. The smallest absolute Gasteiger partial charge is 0.246 e. The number of hydrogen-bond donors (Lipinski definition) is 0. The molecule has 1 saturated heterocycles. The minimum absolute atomic E-state index is 0.00720. The Morgan fingerprint density at radius 1 is 0.824 bits per heavy atom. The van der Waals surface area contributed by atoms with Crippen molar-refractivity contribution in [2.45, 2.75) is 26.5 Å². The van der Waals surface area contributed by atoms with E-state index in [0.717, 1.165) is 42.9 Å². The van der Waals surface area contributed by atoms with Crippen LogP contribution in [0.1, 0.15) is 27.8 Å². The van der Waals surface area contributed by atoms with Crippen LogP contribution < -0.4 is 18.9 Å². The third kappa shape index (κ3) is 10.4. The molecule has 2 heterocycles. The van der Waals surface area contributed by atoms with Crippen LogP contribution in [0.25, 0.3) is 6.08 Å². The summed E-state index contributed by atoms with van der Waals surface area (Å²) in [5.74, 6) is 2.94. The van der Waals surface area contributed by atoms with Gasteiger partial charge in [0, 0.05) is 61.9 Å². The predicted molar refractivity (Wildman–Crippen MR) is 201 cm³/mol. The molecule has 0 atom stereocenters. The first-order chi connectivity index (χ1) is 24.9. The van der Waals surface area contributed by atoms with E-state index in [1.165, 1.54) is 16.7 Å². The molecule has 262 valence electrons. The normalized spacial score (nSPS) is 13.3. The fourth-order valence-corrected chi connectivity index (χ4v) is 5.92. The van der Waals surface area contributed by atoms with E-state index < -0.39 is 0 Å². The van der Waals surface area contributed by atoms with Gasteiger partial charge in [0.1, 0.15) is 18.1 Å². The van der Waals surface area contributed by atoms with E-state index in [9.17, 15) is 4.79 Å². The lowest BCUT2D eigenvalue weighted by molar-refractivity contribution is -0.127. The van der Waals surface area contributed by atoms with Crippen molar-refractivity contribution in [1.82, 2.24) is 14.8 Å². The number of halogens is 1. The molecular weight excluding hydrogens is 662 g/mol. The number of carbonyl (C=O) groups is 1. The molecule has 1 fully saturated rings. The second-order valence-corrected chi connectivity index (χ2v) is 12.8. The van der Waals surface area contributed by atoms with Gasteiger partial charge >= 0.3 is 0 Å². The summed E-state index contributed by atoms with van der Waals surface area (Å²) >= 11 is 6.22. The van der Waals surface area contributed by atoms with Crippen molar-refractivity contribution in [2.75, 3.05) is 39.9 Å². The summed E-state index contributed by atoms with van der Waals surface area (Å²) in [7, 11) is 1.58. The molecule has 4 aromatic carbocycles. The number of methoxy groups -OCH3 is 1. The third-order valence-electron chi connectivity index (χ3n) is 8.64. The first kappa shape index (κ1) is 35.5. The number of amides is 1. The van der Waals surface area contributed by atoms with Gasteiger partial charge in [-0.15, -0.1) is 0 Å². The van der Waals surface area contributed by atoms with Gasteiger partial charge in [0.05, 0.1) is 19.9 Å². The lowest BCUT2D eigenvalue weighted by Gasteiger charge is -2.34. The fourth-order valence-electron chi connectivity index (χ4n) is 5.73. The minimum atomic E-state index is -0.00720. The van der Waals surface area contributed by atoms with E-state index in [-0.39, 0.29) is 5.91 Å². The number of rotatable bonds is 14. The molecule has 1 aliphatic rings. The SMILES string of the molecule is COc1cc(/C=C/C(=O)N2CCN(Cc3ccc(CCOc4cccc(C)c4)cc3)CC2)ccc1Oc1ccc(OCc2ccccc2Cl)cn1. The Morgan fingerprint density at radius 2 is 1.63 bits per heavy atom. The molecule has 5 aromatic rings. The second-order valence-electron chi connectivity index (χ2n) is 12.4. The van der Waals surface area contributed by atoms with Crippen molar-refractivity contribution in [3.05, 3.63) is 148 Å². The summed E-state index contributed by atoms with van der Waals surface area (Å²) < 4.78 is 23.3. The number of piperazine rings is 1. The molecular formula is C42H42ClN3O5. The molecule has 0 spiro atoms. The zero-order chi connectivity index (χ0) is 35.4. The first-order valence-corrected chi connectivity index (χ1v) is 17.4. The van der Waals surface area contributed by atoms with Crippen LogP contribution in [0.2, 0.25) is 5.02 Å². The van der Waals surface area contributed by atoms with Crippen LogP contribution in [0.15, 0.2) is 115 Å². The zero-order valence-corrected chi connectivity index (χ0v) is 29.7. The molecule has 1 amide bonds. The minimum Gasteiger partial charge on any atom is -0.493 e. The molecule has 6 rings (SSSR count). The Kier molecular flexibility index (Phi) is 12.2. The number of carbonyl (C=O) groups excluding carboxylic acids is 1. The fraction of sp³-hybridized carbons (Fsp3) is 0.238. The molecule has 51 heavy (non-hydrogen) atoms. The van der Waals surface area contributed by atoms with Gasteiger partial charge in [0.25, 0.3) is 0 Å². The Morgan fingerprint density at radius 3 is 2.37 bits per heavy atom. The van der Waals surface area contributed by atoms with Gasteiger partial charge in [-0.1, -0.05) is 72.3 Å². The summed E-state index contributed by atoms with van der Waals surface area (Å²) in [6, 6.07) is 33.5. The van der Waals surface area contributed by atoms with Crippen molar-refractivity contribution in [1.29, 1.82) is 0 Å². The number of ether oxygens (including phenoxy) is 4. The highest BCUT2D eigenvalue weighted by molar-refractivity contribution is 6.31. The molecule has 0 N–H and O–H groups in total. The zero-order valence-electron chi connectivity index (χ0n) is 29.0. The highest BCUT2D eigenvalue weighted by Gasteiger charge is 2.20. The maximum atomic E-state index is 13.0. The molecule has 8 nitrogen and oxygen atoms in total. The lowest BCUT2D eigenvalue weighted by Crippen LogP contribution is -2.47. The van der Waals surface area contributed by atoms with Crippen molar-refractivity contribution < 1.29 is 23.7 Å². The summed E-state index contributed by atoms with van der Waals surface area (Å²) in [5.41, 5.74) is 5.45. The van der Waals surface area contributed by atoms with E-state index >= 15 is 0 Å². The molecule has 1 aromatic heterocycles. The molecule has 0 unspecified atom stereocenters. The maximum absolute atomic E-state index is 13.0. The van der Waals surface area contributed by atoms with Gasteiger partial charge in [-0.05, 0) is 71.7 Å². The highest BCUT2D eigenvalue weighted by Crippen LogP contribution is 2.32. The van der Waals surface area contributed by atoms with Crippen molar-refractivity contribution in [3.8, 4) is 28.9 Å². The quantitative estimate of drug-likeness (QED) is 0.108. The molecule has 0 aliphatic carbocycles. The highest BCUT2D eigenvalue weighted by atomic mass is 35.5. The largest absolute Gasteiger partial charge is 0.493 e. The first-order valence-electron chi connectivity index (χ1n) is 17.1. The van der Waals surface area contributed by atoms with E-state index in [2.05, 4.69) is 53.2 Å². The van der Waals surface area contributed by atoms with Crippen LogP contribution in [-0.2, 0) is 24.4 Å². The average molecular weight is 704 g/mol. The van der Waals surface area contributed by atoms with Crippen molar-refractivity contribution >= 4 is 23.6 Å². The predicted octanol–water partition coefficient (Wildman–Crippen LogP) is 8.40. The number of aromatic nitrogens is 1. The molecule has 9 heteroatoms. The van der Waals surface area contributed by atoms with Gasteiger partial charge in [0.15, 0.2) is 11.5 Å². The Bertz CT molecular complexity index is 1920. The number of pyridine rings is 1. The molecule has 0 bridgehead atoms. The number of hydrogen-bond acceptors (Lipinski definition) is 7. The monoisotopic (exact) mass is 703 g/mol. The van der Waals surface area contributed by atoms with Crippen LogP contribution in [0.3, 0.4) is 0 Å². The van der Waals surface area contributed by atoms with Crippen LogP contribution in [0, 0.1) is 6.92 Å². The maximum Gasteiger partial charge on any atom is 0.246 e. The van der Waals surface area contributed by atoms with Crippen LogP contribution in [0.4, 0.5) is 0 Å². The van der Waals surface area contributed by atoms with Crippen molar-refractivity contribution in [3.63, 3.8) is 0 Å². The second kappa shape index (κ2) is 17.6. The Hall–Kier alpha value is -5.31. The summed E-state index contributed by atoms with van der Waals surface area (Å²) in [6.07, 6.45) is 5.89. The molecule has 0 radical (unpaired) electrons. The molecule has 1 aliphatic heterocycles. The van der Waals surface area contributed by atoms with E-state index in [1.54, 1.807) is 43.7 Å². The average Bonchev–Trinajstić information content (AvgIpc) is 3.15. The van der Waals surface area contributed by atoms with Gasteiger partial charge in [-0.2, -0.15) is 0 Å². The van der Waals surface area contributed by atoms with E-state index in [4.69, 9.17) is 30.5 Å². The molecule has 0 saturated carbocycles. The van der Waals surface area contributed by atoms with Gasteiger partial charge in [-0.25, -0.2) is 4.98 Å². The van der Waals surface area contributed by atoms with Crippen LogP contribution in [-0.4, -0.2) is 60.6 Å². The van der Waals surface area contributed by atoms with E-state index in [1.807, 2.05) is 53.4 Å². The third-order valence-corrected chi connectivity index (χ3v) is 9.01. The van der Waals surface area contributed by atoms with Gasteiger partial charge in [0.2, 0.25) is 11.8 Å². The summed E-state index contributed by atoms with van der Waals surface area (Å²) in [6.45, 7) is 6.95. The number of benzene rings is 4. The topological polar surface area (TPSA) is 73.4 Å². The van der Waals surface area contributed by atoms with Crippen LogP contribution >= 0.6 is 11.6 Å². The number of aryl methyl sites for hydroxylation is 1. The summed E-state index contributed by atoms with van der Waals surface area (Å²) in [5, 5.41) is 0.657. The Labute approximate surface area is 304 Å². The Balaban J connectivity index is 0.933. The standard InChI is InChI=1S/C42H42ClN3O5/c1-31-6-5-8-36(26-31)49-25-20-32-10-12-34(13-11-32)29-45-21-23-46(24-22-45)42(47)19-15-33-14-17-39(40(27-33)48-2)51-41-18-16-37(28-44-41)50-30-35-7-3-4-9-38(35)43/h3-19,26-28H,20-25,29-30H2,1-2H3/b19-15+. The van der Waals surface area contributed by atoms with Gasteiger partial charge < -0.3 is 23.8 Å². The van der Waals surface area contributed by atoms with E-state index in [0.29, 0.717) is 54.5 Å². The number of nitrogens with zero attached hydrogens (tertiary/aromatic N) is 3. The summed E-state index contributed by atoms with van der Waals surface area (Å²) in [4.78, 5) is 21.7. The van der Waals surface area contributed by atoms with Gasteiger partial charge in [-0.3, -0.25) is 9.69 Å².